The molecule has 1 fully saturated rings. The second kappa shape index (κ2) is 14.6. The Morgan fingerprint density at radius 1 is 0.731 bits per heavy atom. The first-order chi connectivity index (χ1) is 12.6. The molecule has 5 heteroatoms. The zero-order valence-electron chi connectivity index (χ0n) is 16.4. The van der Waals surface area contributed by atoms with Crippen molar-refractivity contribution in [2.24, 2.45) is 0 Å². The van der Waals surface area contributed by atoms with Crippen LogP contribution in [-0.2, 0) is 4.74 Å². The number of hydrogen-bond donors (Lipinski definition) is 4. The molecule has 0 saturated carbocycles. The van der Waals surface area contributed by atoms with E-state index >= 15 is 0 Å². The third-order valence-electron chi connectivity index (χ3n) is 5.23. The van der Waals surface area contributed by atoms with Gasteiger partial charge in [0.05, 0.1) is 6.61 Å². The number of aliphatic hydroxyl groups is 4. The summed E-state index contributed by atoms with van der Waals surface area (Å²) in [6, 6.07) is 0. The Morgan fingerprint density at radius 2 is 1.27 bits per heavy atom. The van der Waals surface area contributed by atoms with Gasteiger partial charge in [0.15, 0.2) is 0 Å². The van der Waals surface area contributed by atoms with Crippen LogP contribution in [-0.4, -0.2) is 57.6 Å². The predicted octanol–water partition coefficient (Wildman–Crippen LogP) is 3.09. The average molecular weight is 373 g/mol. The van der Waals surface area contributed by atoms with Crippen LogP contribution in [0.3, 0.4) is 0 Å². The number of allylic oxidation sites excluding steroid dienone is 1. The highest BCUT2D eigenvalue weighted by atomic mass is 16.5. The van der Waals surface area contributed by atoms with Crippen molar-refractivity contribution in [3.63, 3.8) is 0 Å². The summed E-state index contributed by atoms with van der Waals surface area (Å²) in [7, 11) is 0. The van der Waals surface area contributed by atoms with E-state index in [1.165, 1.54) is 64.2 Å². The third kappa shape index (κ3) is 8.96. The van der Waals surface area contributed by atoms with Gasteiger partial charge in [-0.25, -0.2) is 0 Å². The summed E-state index contributed by atoms with van der Waals surface area (Å²) < 4.78 is 5.44. The van der Waals surface area contributed by atoms with Crippen LogP contribution in [0.5, 0.6) is 0 Å². The first-order valence-corrected chi connectivity index (χ1v) is 10.6. The minimum Gasteiger partial charge on any atom is -0.394 e. The number of unbranched alkanes of at least 4 members (excludes halogenated alkanes) is 11. The van der Waals surface area contributed by atoms with Crippen molar-refractivity contribution >= 4 is 0 Å². The smallest absolute Gasteiger partial charge is 0.112 e. The largest absolute Gasteiger partial charge is 0.394 e. The van der Waals surface area contributed by atoms with Crippen LogP contribution in [0, 0.1) is 0 Å². The fourth-order valence-electron chi connectivity index (χ4n) is 3.45. The Hall–Kier alpha value is -0.460. The minimum atomic E-state index is -1.29. The average Bonchev–Trinajstić information content (AvgIpc) is 2.65. The predicted molar refractivity (Wildman–Crippen MR) is 104 cm³/mol. The Morgan fingerprint density at radius 3 is 1.81 bits per heavy atom. The fourth-order valence-corrected chi connectivity index (χ4v) is 3.45. The summed E-state index contributed by atoms with van der Waals surface area (Å²) in [5, 5.41) is 38.6. The first-order valence-electron chi connectivity index (χ1n) is 10.6. The highest BCUT2D eigenvalue weighted by molar-refractivity contribution is 5.01. The van der Waals surface area contributed by atoms with E-state index in [0.717, 1.165) is 12.8 Å². The molecule has 1 rings (SSSR count). The van der Waals surface area contributed by atoms with E-state index < -0.39 is 30.5 Å². The molecule has 0 aromatic rings. The van der Waals surface area contributed by atoms with Gasteiger partial charge >= 0.3 is 0 Å². The zero-order chi connectivity index (χ0) is 19.2. The van der Waals surface area contributed by atoms with E-state index in [2.05, 4.69) is 6.92 Å². The molecule has 1 heterocycles. The number of hydrogen-bond acceptors (Lipinski definition) is 5. The van der Waals surface area contributed by atoms with Crippen molar-refractivity contribution in [2.45, 2.75) is 114 Å². The van der Waals surface area contributed by atoms with Crippen molar-refractivity contribution in [2.75, 3.05) is 6.61 Å². The Bertz CT molecular complexity index is 358. The standard InChI is InChI=1S/C21H40O5/c1-2-3-4-5-6-7-8-9-10-11-12-13-14-15-17-19(23)21(25)20(24)18(16-22)26-17/h14-15,17-25H,2-13,16H2,1H3/t17?,18-,19+,20+,21-/m1/s1. The lowest BCUT2D eigenvalue weighted by atomic mass is 9.94. The van der Waals surface area contributed by atoms with Gasteiger partial charge in [-0.3, -0.25) is 0 Å². The zero-order valence-corrected chi connectivity index (χ0v) is 16.4. The van der Waals surface area contributed by atoms with Gasteiger partial charge in [-0.2, -0.15) is 0 Å². The molecule has 1 saturated heterocycles. The molecule has 1 aliphatic heterocycles. The van der Waals surface area contributed by atoms with Gasteiger partial charge in [-0.1, -0.05) is 83.3 Å². The van der Waals surface area contributed by atoms with Gasteiger partial charge in [0, 0.05) is 0 Å². The van der Waals surface area contributed by atoms with Crippen molar-refractivity contribution in [1.29, 1.82) is 0 Å². The molecule has 154 valence electrons. The van der Waals surface area contributed by atoms with Crippen LogP contribution >= 0.6 is 0 Å². The lowest BCUT2D eigenvalue weighted by Crippen LogP contribution is -2.57. The van der Waals surface area contributed by atoms with Crippen LogP contribution in [0.2, 0.25) is 0 Å². The summed E-state index contributed by atoms with van der Waals surface area (Å²) >= 11 is 0. The summed E-state index contributed by atoms with van der Waals surface area (Å²) in [5.74, 6) is 0. The number of rotatable bonds is 14. The Labute approximate surface area is 159 Å². The van der Waals surface area contributed by atoms with Crippen molar-refractivity contribution in [1.82, 2.24) is 0 Å². The maximum Gasteiger partial charge on any atom is 0.112 e. The minimum absolute atomic E-state index is 0.381. The van der Waals surface area contributed by atoms with Gasteiger partial charge in [0.25, 0.3) is 0 Å². The molecule has 1 aliphatic rings. The molecule has 0 aliphatic carbocycles. The molecule has 4 N–H and O–H groups in total. The van der Waals surface area contributed by atoms with E-state index in [9.17, 15) is 15.3 Å². The molecule has 0 spiro atoms. The summed E-state index contributed by atoms with van der Waals surface area (Å²) in [6.45, 7) is 1.87. The van der Waals surface area contributed by atoms with Crippen molar-refractivity contribution < 1.29 is 25.2 Å². The molecule has 1 unspecified atom stereocenters. The molecule has 0 amide bonds. The quantitative estimate of drug-likeness (QED) is 0.278. The van der Waals surface area contributed by atoms with Crippen LogP contribution in [0.4, 0.5) is 0 Å². The molecule has 0 aromatic heterocycles. The number of ether oxygens (including phenoxy) is 1. The van der Waals surface area contributed by atoms with Gasteiger partial charge in [0.1, 0.15) is 30.5 Å². The van der Waals surface area contributed by atoms with Crippen LogP contribution in [0.1, 0.15) is 84.0 Å². The monoisotopic (exact) mass is 372 g/mol. The second-order valence-corrected chi connectivity index (χ2v) is 7.55. The van der Waals surface area contributed by atoms with Crippen LogP contribution in [0.25, 0.3) is 0 Å². The highest BCUT2D eigenvalue weighted by Gasteiger charge is 2.42. The van der Waals surface area contributed by atoms with Gasteiger partial charge in [-0.05, 0) is 12.8 Å². The molecule has 0 bridgehead atoms. The van der Waals surface area contributed by atoms with E-state index in [-0.39, 0.29) is 6.61 Å². The summed E-state index contributed by atoms with van der Waals surface area (Å²) in [6.07, 6.45) is 13.8. The lowest BCUT2D eigenvalue weighted by Gasteiger charge is -2.38. The molecular weight excluding hydrogens is 332 g/mol. The maximum absolute atomic E-state index is 9.94. The van der Waals surface area contributed by atoms with Gasteiger partial charge in [-0.15, -0.1) is 0 Å². The molecule has 5 nitrogen and oxygen atoms in total. The van der Waals surface area contributed by atoms with E-state index in [1.807, 2.05) is 6.08 Å². The van der Waals surface area contributed by atoms with E-state index in [4.69, 9.17) is 9.84 Å². The fraction of sp³-hybridized carbons (Fsp3) is 0.905. The van der Waals surface area contributed by atoms with E-state index in [1.54, 1.807) is 6.08 Å². The third-order valence-corrected chi connectivity index (χ3v) is 5.23. The van der Waals surface area contributed by atoms with Crippen molar-refractivity contribution in [3.05, 3.63) is 12.2 Å². The second-order valence-electron chi connectivity index (χ2n) is 7.55. The number of aliphatic hydroxyl groups excluding tert-OH is 4. The van der Waals surface area contributed by atoms with Crippen molar-refractivity contribution in [3.8, 4) is 0 Å². The normalized spacial score (nSPS) is 29.5. The Kier molecular flexibility index (Phi) is 13.2. The topological polar surface area (TPSA) is 90.2 Å². The molecule has 26 heavy (non-hydrogen) atoms. The van der Waals surface area contributed by atoms with Crippen LogP contribution in [0.15, 0.2) is 12.2 Å². The summed E-state index contributed by atoms with van der Waals surface area (Å²) in [5.41, 5.74) is 0. The first kappa shape index (κ1) is 23.6. The van der Waals surface area contributed by atoms with E-state index in [0.29, 0.717) is 0 Å². The lowest BCUT2D eigenvalue weighted by molar-refractivity contribution is -0.216. The summed E-state index contributed by atoms with van der Waals surface area (Å²) in [4.78, 5) is 0. The maximum atomic E-state index is 9.94. The molecular formula is C21H40O5. The molecule has 0 radical (unpaired) electrons. The van der Waals surface area contributed by atoms with Crippen LogP contribution < -0.4 is 0 Å². The highest BCUT2D eigenvalue weighted by Crippen LogP contribution is 2.22. The van der Waals surface area contributed by atoms with Gasteiger partial charge in [0.2, 0.25) is 0 Å². The van der Waals surface area contributed by atoms with Gasteiger partial charge < -0.3 is 25.2 Å². The Balaban J connectivity index is 2.03. The SMILES string of the molecule is CCCCCCCCCCCCCC=CC1O[C@H](CO)[C@H](O)[C@H](O)[C@H]1O. The molecule has 0 aromatic carbocycles. The molecule has 5 atom stereocenters.